The van der Waals surface area contributed by atoms with Gasteiger partial charge >= 0.3 is 21.9 Å². The summed E-state index contributed by atoms with van der Waals surface area (Å²) in [7, 11) is 0. The Labute approximate surface area is 163 Å². The summed E-state index contributed by atoms with van der Waals surface area (Å²) < 4.78 is 120. The molecular weight excluding hydrogens is 451 g/mol. The second kappa shape index (κ2) is 8.60. The van der Waals surface area contributed by atoms with Crippen LogP contribution in [0.25, 0.3) is 0 Å². The van der Waals surface area contributed by atoms with Gasteiger partial charge in [0.2, 0.25) is 0 Å². The van der Waals surface area contributed by atoms with Gasteiger partial charge in [-0.25, -0.2) is 4.31 Å². The molecule has 2 unspecified atom stereocenters. The van der Waals surface area contributed by atoms with E-state index in [0.717, 1.165) is 34.1 Å². The van der Waals surface area contributed by atoms with Crippen LogP contribution in [0, 0.1) is 11.8 Å². The van der Waals surface area contributed by atoms with Gasteiger partial charge in [0.05, 0.1) is 0 Å². The summed E-state index contributed by atoms with van der Waals surface area (Å²) in [5.74, 6) is -5.48. The highest BCUT2D eigenvalue weighted by Crippen LogP contribution is 2.56. The monoisotopic (exact) mass is 468 g/mol. The minimum Gasteiger partial charge on any atom is -0.245 e. The lowest BCUT2D eigenvalue weighted by atomic mass is 9.76. The van der Waals surface area contributed by atoms with Gasteiger partial charge in [-0.2, -0.15) is 43.6 Å². The maximum atomic E-state index is 14.0. The SMILES string of the molecule is FC(F)(F)SNSC(F)(F)C(F)(F)C(F)(F)SN1CCC2CCCCC2C1. The highest BCUT2D eigenvalue weighted by molar-refractivity contribution is 8.13. The molecule has 2 nitrogen and oxygen atoms in total. The van der Waals surface area contributed by atoms with Crippen LogP contribution in [0.15, 0.2) is 0 Å². The molecule has 1 N–H and O–H groups in total. The Kier molecular flexibility index (Phi) is 7.52. The van der Waals surface area contributed by atoms with Crippen molar-refractivity contribution >= 4 is 35.8 Å². The first-order valence-corrected chi connectivity index (χ1v) is 10.4. The Morgan fingerprint density at radius 3 is 1.93 bits per heavy atom. The zero-order valence-electron chi connectivity index (χ0n) is 13.7. The van der Waals surface area contributed by atoms with Gasteiger partial charge in [-0.3, -0.25) is 0 Å². The lowest BCUT2D eigenvalue weighted by Crippen LogP contribution is -2.53. The van der Waals surface area contributed by atoms with E-state index in [9.17, 15) is 39.5 Å². The van der Waals surface area contributed by atoms with Gasteiger partial charge in [-0.15, -0.1) is 0 Å². The predicted octanol–water partition coefficient (Wildman–Crippen LogP) is 6.37. The minimum absolute atomic E-state index is 0.0594. The van der Waals surface area contributed by atoms with Crippen LogP contribution in [0.3, 0.4) is 0 Å². The van der Waals surface area contributed by atoms with Crippen molar-refractivity contribution in [3.8, 4) is 0 Å². The second-order valence-electron chi connectivity index (χ2n) is 6.41. The molecule has 1 heterocycles. The lowest BCUT2D eigenvalue weighted by molar-refractivity contribution is -0.238. The largest absolute Gasteiger partial charge is 0.456 e. The van der Waals surface area contributed by atoms with E-state index >= 15 is 0 Å². The van der Waals surface area contributed by atoms with Gasteiger partial charge in [-0.1, -0.05) is 19.3 Å². The molecule has 2 rings (SSSR count). The third-order valence-electron chi connectivity index (χ3n) is 4.56. The van der Waals surface area contributed by atoms with E-state index in [1.165, 1.54) is 0 Å². The number of nitrogens with zero attached hydrogens (tertiary/aromatic N) is 1. The van der Waals surface area contributed by atoms with Crippen molar-refractivity contribution in [3.63, 3.8) is 0 Å². The van der Waals surface area contributed by atoms with Gasteiger partial charge in [0.15, 0.2) is 0 Å². The number of piperidine rings is 1. The molecule has 2 aliphatic rings. The van der Waals surface area contributed by atoms with Crippen LogP contribution < -0.4 is 4.13 Å². The van der Waals surface area contributed by atoms with Crippen molar-refractivity contribution in [2.75, 3.05) is 13.1 Å². The standard InChI is InChI=1S/C13H17F9N2S3/c14-10(15,11(16,17)25-23-26-13(20,21)22)12(18,19)27-24-6-5-8-3-1-2-4-9(8)7-24/h8-9,23H,1-7H2. The number of fused-ring (bicyclic) bond motifs is 1. The Balaban J connectivity index is 1.97. The average Bonchev–Trinajstić information content (AvgIpc) is 2.52. The summed E-state index contributed by atoms with van der Waals surface area (Å²) in [6.07, 6.45) is 4.16. The van der Waals surface area contributed by atoms with Crippen LogP contribution in [0.5, 0.6) is 0 Å². The molecule has 0 amide bonds. The first-order chi connectivity index (χ1) is 12.3. The van der Waals surface area contributed by atoms with Gasteiger partial charge in [0.1, 0.15) is 0 Å². The Morgan fingerprint density at radius 2 is 1.33 bits per heavy atom. The normalized spacial score (nSPS) is 26.1. The molecule has 160 valence electrons. The van der Waals surface area contributed by atoms with Crippen LogP contribution in [-0.2, 0) is 0 Å². The van der Waals surface area contributed by atoms with E-state index in [-0.39, 0.29) is 19.0 Å². The molecular formula is C13H17F9N2S3. The van der Waals surface area contributed by atoms with E-state index in [1.807, 2.05) is 0 Å². The molecule has 0 radical (unpaired) electrons. The van der Waals surface area contributed by atoms with Crippen molar-refractivity contribution < 1.29 is 39.5 Å². The first kappa shape index (κ1) is 23.6. The van der Waals surface area contributed by atoms with Crippen molar-refractivity contribution in [2.45, 2.75) is 54.0 Å². The van der Waals surface area contributed by atoms with Crippen LogP contribution in [0.2, 0.25) is 0 Å². The summed E-state index contributed by atoms with van der Waals surface area (Å²) in [6, 6.07) is 0. The Bertz CT molecular complexity index is 504. The molecule has 1 aliphatic carbocycles. The fourth-order valence-electron chi connectivity index (χ4n) is 3.22. The first-order valence-electron chi connectivity index (χ1n) is 8.00. The van der Waals surface area contributed by atoms with Crippen molar-refractivity contribution in [2.24, 2.45) is 11.8 Å². The summed E-state index contributed by atoms with van der Waals surface area (Å²) in [5.41, 5.74) is -5.03. The number of rotatable bonds is 7. The zero-order chi connectivity index (χ0) is 20.5. The molecule has 2 fully saturated rings. The van der Waals surface area contributed by atoms with Crippen LogP contribution in [0.1, 0.15) is 32.1 Å². The maximum absolute atomic E-state index is 14.0. The molecule has 1 aliphatic heterocycles. The van der Waals surface area contributed by atoms with Crippen molar-refractivity contribution in [1.29, 1.82) is 0 Å². The molecule has 2 atom stereocenters. The van der Waals surface area contributed by atoms with Crippen LogP contribution in [-0.4, -0.2) is 39.3 Å². The fraction of sp³-hybridized carbons (Fsp3) is 1.00. The van der Waals surface area contributed by atoms with Crippen LogP contribution >= 0.6 is 35.8 Å². The average molecular weight is 468 g/mol. The van der Waals surface area contributed by atoms with E-state index in [0.29, 0.717) is 12.3 Å². The van der Waals surface area contributed by atoms with Gasteiger partial charge < -0.3 is 0 Å². The molecule has 0 spiro atoms. The van der Waals surface area contributed by atoms with Crippen LogP contribution in [0.4, 0.5) is 39.5 Å². The van der Waals surface area contributed by atoms with Gasteiger partial charge in [-0.05, 0) is 24.7 Å². The molecule has 0 bridgehead atoms. The predicted molar refractivity (Wildman–Crippen MR) is 88.4 cm³/mol. The van der Waals surface area contributed by atoms with Gasteiger partial charge in [0, 0.05) is 48.9 Å². The summed E-state index contributed by atoms with van der Waals surface area (Å²) in [6.45, 7) is 0.167. The number of halogens is 9. The zero-order valence-corrected chi connectivity index (χ0v) is 16.1. The van der Waals surface area contributed by atoms with E-state index in [4.69, 9.17) is 0 Å². The topological polar surface area (TPSA) is 15.3 Å². The minimum atomic E-state index is -5.86. The van der Waals surface area contributed by atoms with E-state index in [1.54, 1.807) is 0 Å². The highest BCUT2D eigenvalue weighted by Gasteiger charge is 2.73. The Hall–Kier alpha value is 0.340. The Morgan fingerprint density at radius 1 is 0.741 bits per heavy atom. The molecule has 14 heteroatoms. The molecule has 0 aromatic heterocycles. The molecule has 0 aromatic rings. The number of nitrogens with one attached hydrogen (secondary N) is 1. The third kappa shape index (κ3) is 5.92. The highest BCUT2D eigenvalue weighted by atomic mass is 32.2. The summed E-state index contributed by atoms with van der Waals surface area (Å²) in [4.78, 5) is 0. The molecule has 27 heavy (non-hydrogen) atoms. The maximum Gasteiger partial charge on any atom is 0.456 e. The number of hydrogen-bond donors (Lipinski definition) is 1. The second-order valence-corrected chi connectivity index (χ2v) is 9.68. The smallest absolute Gasteiger partial charge is 0.245 e. The summed E-state index contributed by atoms with van der Waals surface area (Å²) in [5, 5.41) is -10.6. The molecule has 0 aromatic carbocycles. The molecule has 1 saturated carbocycles. The lowest BCUT2D eigenvalue weighted by Gasteiger charge is -2.42. The summed E-state index contributed by atoms with van der Waals surface area (Å²) >= 11 is -3.26. The van der Waals surface area contributed by atoms with E-state index in [2.05, 4.69) is 0 Å². The number of hydrogen-bond acceptors (Lipinski definition) is 5. The quantitative estimate of drug-likeness (QED) is 0.344. The number of alkyl halides is 9. The third-order valence-corrected chi connectivity index (χ3v) is 7.04. The molecule has 1 saturated heterocycles. The van der Waals surface area contributed by atoms with Gasteiger partial charge in [0.25, 0.3) is 0 Å². The van der Waals surface area contributed by atoms with Crippen molar-refractivity contribution in [3.05, 3.63) is 0 Å². The van der Waals surface area contributed by atoms with E-state index < -0.39 is 57.8 Å². The fourth-order valence-corrected chi connectivity index (χ4v) is 5.54. The van der Waals surface area contributed by atoms with Crippen molar-refractivity contribution in [1.82, 2.24) is 8.43 Å².